The van der Waals surface area contributed by atoms with Crippen molar-refractivity contribution in [1.82, 2.24) is 13.2 Å². The number of hydrogen-bond donors (Lipinski definition) is 0. The second-order valence-corrected chi connectivity index (χ2v) is 10.9. The molecular weight excluding hydrogens is 500 g/mol. The third-order valence-electron chi connectivity index (χ3n) is 8.97. The van der Waals surface area contributed by atoms with Gasteiger partial charge in [-0.3, -0.25) is 0 Å². The van der Waals surface area contributed by atoms with E-state index in [1.165, 1.54) is 43.6 Å². The Morgan fingerprint density at radius 2 is 0.829 bits per heavy atom. The third kappa shape index (κ3) is 2.42. The average Bonchev–Trinajstić information content (AvgIpc) is 3.67. The molecule has 0 N–H and O–H groups in total. The van der Waals surface area contributed by atoms with Gasteiger partial charge < -0.3 is 13.2 Å². The van der Waals surface area contributed by atoms with Crippen molar-refractivity contribution >= 4 is 82.0 Å². The Morgan fingerprint density at radius 1 is 0.366 bits per heavy atom. The molecule has 0 fully saturated rings. The van der Waals surface area contributed by atoms with Crippen molar-refractivity contribution < 1.29 is 0 Å². The topological polar surface area (TPSA) is 37.0 Å². The number of benzene rings is 6. The summed E-state index contributed by atoms with van der Waals surface area (Å²) in [5.41, 5.74) is 11.0. The van der Waals surface area contributed by atoms with Crippen LogP contribution in [0.1, 0.15) is 5.56 Å². The summed E-state index contributed by atoms with van der Waals surface area (Å²) < 4.78 is 7.34. The molecule has 0 saturated carbocycles. The van der Waals surface area contributed by atoms with E-state index in [0.29, 0.717) is 5.56 Å². The first kappa shape index (κ1) is 21.1. The summed E-state index contributed by atoms with van der Waals surface area (Å²) in [6, 6.07) is 45.8. The Balaban J connectivity index is 1.74. The van der Waals surface area contributed by atoms with Crippen molar-refractivity contribution in [2.75, 3.05) is 0 Å². The lowest BCUT2D eigenvalue weighted by atomic mass is 10.1. The minimum absolute atomic E-state index is 0.668. The highest BCUT2D eigenvalue weighted by molar-refractivity contribution is 6.25. The van der Waals surface area contributed by atoms with Crippen molar-refractivity contribution in [3.63, 3.8) is 0 Å². The van der Waals surface area contributed by atoms with Crippen LogP contribution in [-0.2, 0) is 0 Å². The molecule has 0 aliphatic heterocycles. The van der Waals surface area contributed by atoms with Gasteiger partial charge in [0, 0.05) is 32.3 Å². The van der Waals surface area contributed by atoms with Gasteiger partial charge in [0.1, 0.15) is 0 Å². The fraction of sp³-hybridized carbons (Fsp3) is 0. The number of rotatable bonds is 0. The molecule has 10 aromatic rings. The Labute approximate surface area is 233 Å². The predicted octanol–water partition coefficient (Wildman–Crippen LogP) is 9.24. The van der Waals surface area contributed by atoms with Crippen molar-refractivity contribution in [2.24, 2.45) is 0 Å². The molecule has 0 aliphatic carbocycles. The van der Waals surface area contributed by atoms with E-state index < -0.39 is 0 Å². The van der Waals surface area contributed by atoms with Gasteiger partial charge >= 0.3 is 0 Å². The monoisotopic (exact) mass is 520 g/mol. The van der Waals surface area contributed by atoms with Gasteiger partial charge in [0.2, 0.25) is 0 Å². The minimum Gasteiger partial charge on any atom is -0.305 e. The van der Waals surface area contributed by atoms with Crippen LogP contribution in [0.5, 0.6) is 0 Å². The fourth-order valence-corrected chi connectivity index (χ4v) is 7.39. The maximum Gasteiger partial charge on any atom is 0.0991 e. The summed E-state index contributed by atoms with van der Waals surface area (Å²) in [7, 11) is 0. The Hall–Kier alpha value is -5.79. The molecule has 6 aromatic carbocycles. The van der Waals surface area contributed by atoms with Crippen LogP contribution < -0.4 is 0 Å². The number of aromatic nitrogens is 3. The van der Waals surface area contributed by atoms with E-state index in [0.717, 1.165) is 38.4 Å². The molecule has 4 aromatic heterocycles. The second-order valence-electron chi connectivity index (χ2n) is 10.9. The van der Waals surface area contributed by atoms with Crippen LogP contribution in [0, 0.1) is 11.3 Å². The van der Waals surface area contributed by atoms with Crippen LogP contribution in [0.3, 0.4) is 0 Å². The zero-order valence-electron chi connectivity index (χ0n) is 21.8. The van der Waals surface area contributed by atoms with Crippen LogP contribution in [-0.4, -0.2) is 13.2 Å². The number of nitriles is 1. The lowest BCUT2D eigenvalue weighted by Crippen LogP contribution is -1.90. The normalized spacial score (nSPS) is 12.4. The largest absolute Gasteiger partial charge is 0.305 e. The first-order chi connectivity index (χ1) is 20.3. The fourth-order valence-electron chi connectivity index (χ4n) is 7.39. The van der Waals surface area contributed by atoms with Crippen molar-refractivity contribution in [3.05, 3.63) is 127 Å². The highest BCUT2D eigenvalue weighted by Gasteiger charge is 2.21. The van der Waals surface area contributed by atoms with E-state index in [-0.39, 0.29) is 0 Å². The zero-order chi connectivity index (χ0) is 26.8. The van der Waals surface area contributed by atoms with Crippen LogP contribution in [0.4, 0.5) is 0 Å². The molecule has 10 rings (SSSR count). The maximum absolute atomic E-state index is 9.82. The van der Waals surface area contributed by atoms with Crippen LogP contribution in [0.25, 0.3) is 82.0 Å². The molecule has 41 heavy (non-hydrogen) atoms. The molecule has 0 atom stereocenters. The summed E-state index contributed by atoms with van der Waals surface area (Å²) in [5, 5.41) is 17.0. The molecule has 0 aliphatic rings. The SMILES string of the molecule is N#Cc1ccc2c(c1)c1ccc3c4ccccc4n4c5ccccc5n5c6ccccc6c6cccc(c65)n2c1c34. The Kier molecular flexibility index (Phi) is 3.72. The van der Waals surface area contributed by atoms with Gasteiger partial charge in [-0.1, -0.05) is 72.8 Å². The van der Waals surface area contributed by atoms with E-state index in [1.807, 2.05) is 12.1 Å². The van der Waals surface area contributed by atoms with Gasteiger partial charge in [-0.2, -0.15) is 5.26 Å². The number of nitrogens with zero attached hydrogens (tertiary/aromatic N) is 4. The van der Waals surface area contributed by atoms with Crippen LogP contribution in [0.2, 0.25) is 0 Å². The van der Waals surface area contributed by atoms with E-state index >= 15 is 0 Å². The van der Waals surface area contributed by atoms with Crippen molar-refractivity contribution in [2.45, 2.75) is 0 Å². The van der Waals surface area contributed by atoms with Gasteiger partial charge in [-0.15, -0.1) is 0 Å². The van der Waals surface area contributed by atoms with Gasteiger partial charge in [-0.05, 0) is 48.5 Å². The van der Waals surface area contributed by atoms with Crippen molar-refractivity contribution in [1.29, 1.82) is 5.26 Å². The molecule has 0 spiro atoms. The molecule has 0 radical (unpaired) electrons. The lowest BCUT2D eigenvalue weighted by molar-refractivity contribution is 1.30. The molecule has 0 bridgehead atoms. The van der Waals surface area contributed by atoms with E-state index in [4.69, 9.17) is 0 Å². The highest BCUT2D eigenvalue weighted by Crippen LogP contribution is 2.42. The van der Waals surface area contributed by atoms with Crippen LogP contribution in [0.15, 0.2) is 121 Å². The van der Waals surface area contributed by atoms with E-state index in [2.05, 4.69) is 128 Å². The molecule has 4 heterocycles. The summed E-state index contributed by atoms with van der Waals surface area (Å²) in [6.45, 7) is 0. The lowest BCUT2D eigenvalue weighted by Gasteiger charge is -2.05. The van der Waals surface area contributed by atoms with Gasteiger partial charge in [0.25, 0.3) is 0 Å². The van der Waals surface area contributed by atoms with Gasteiger partial charge in [-0.25, -0.2) is 0 Å². The summed E-state index contributed by atoms with van der Waals surface area (Å²) >= 11 is 0. The first-order valence-electron chi connectivity index (χ1n) is 13.9. The zero-order valence-corrected chi connectivity index (χ0v) is 21.8. The van der Waals surface area contributed by atoms with Gasteiger partial charge in [0.15, 0.2) is 0 Å². The quantitative estimate of drug-likeness (QED) is 0.196. The molecule has 0 saturated heterocycles. The Morgan fingerprint density at radius 3 is 1.49 bits per heavy atom. The maximum atomic E-state index is 9.82. The second kappa shape index (κ2) is 7.24. The number of hydrogen-bond acceptors (Lipinski definition) is 1. The predicted molar refractivity (Wildman–Crippen MR) is 169 cm³/mol. The number of fused-ring (bicyclic) bond motifs is 13. The van der Waals surface area contributed by atoms with E-state index in [9.17, 15) is 5.26 Å². The molecule has 0 amide bonds. The molecule has 4 heteroatoms. The summed E-state index contributed by atoms with van der Waals surface area (Å²) in [6.07, 6.45) is 0. The van der Waals surface area contributed by atoms with Crippen molar-refractivity contribution in [3.8, 4) is 6.07 Å². The summed E-state index contributed by atoms with van der Waals surface area (Å²) in [5.74, 6) is 0. The molecule has 4 nitrogen and oxygen atoms in total. The molecule has 188 valence electrons. The third-order valence-corrected chi connectivity index (χ3v) is 8.97. The Bertz CT molecular complexity index is 2820. The van der Waals surface area contributed by atoms with Gasteiger partial charge in [0.05, 0.1) is 61.3 Å². The smallest absolute Gasteiger partial charge is 0.0991 e. The first-order valence-corrected chi connectivity index (χ1v) is 13.9. The van der Waals surface area contributed by atoms with Crippen LogP contribution >= 0.6 is 0 Å². The molecular formula is C37H20N4. The minimum atomic E-state index is 0.668. The van der Waals surface area contributed by atoms with E-state index in [1.54, 1.807) is 0 Å². The molecule has 0 unspecified atom stereocenters. The average molecular weight is 521 g/mol. The number of para-hydroxylation sites is 5. The highest BCUT2D eigenvalue weighted by atomic mass is 15.0. The summed E-state index contributed by atoms with van der Waals surface area (Å²) in [4.78, 5) is 0. The standard InChI is InChI=1S/C37H20N4/c38-21-22-16-19-31-28(20-22)27-18-17-26-24-9-2-4-12-30(24)40-33-14-6-5-13-32(33)39-29-11-3-1-8-23(29)25-10-7-15-34(35(25)39)41(31)37(27)36(26)40/h1-20H.